The SMILES string of the molecule is O=C(O)c1cnc(Nc2ccc(Br)c3ccccc23)cn1. The van der Waals surface area contributed by atoms with E-state index >= 15 is 0 Å². The van der Waals surface area contributed by atoms with Crippen molar-refractivity contribution in [2.45, 2.75) is 0 Å². The molecule has 2 N–H and O–H groups in total. The van der Waals surface area contributed by atoms with Crippen molar-refractivity contribution in [1.29, 1.82) is 0 Å². The Morgan fingerprint density at radius 3 is 2.48 bits per heavy atom. The van der Waals surface area contributed by atoms with Crippen molar-refractivity contribution >= 4 is 44.2 Å². The van der Waals surface area contributed by atoms with E-state index in [9.17, 15) is 4.79 Å². The number of nitrogens with one attached hydrogen (secondary N) is 1. The van der Waals surface area contributed by atoms with E-state index in [-0.39, 0.29) is 5.69 Å². The fourth-order valence-electron chi connectivity index (χ4n) is 2.01. The second-order valence-electron chi connectivity index (χ2n) is 4.36. The Morgan fingerprint density at radius 1 is 1.05 bits per heavy atom. The summed E-state index contributed by atoms with van der Waals surface area (Å²) in [6, 6.07) is 11.8. The molecule has 3 aromatic rings. The van der Waals surface area contributed by atoms with Crippen molar-refractivity contribution in [2.24, 2.45) is 0 Å². The van der Waals surface area contributed by atoms with Gasteiger partial charge in [-0.2, -0.15) is 0 Å². The maximum Gasteiger partial charge on any atom is 0.356 e. The fourth-order valence-corrected chi connectivity index (χ4v) is 2.49. The Morgan fingerprint density at radius 2 is 1.81 bits per heavy atom. The van der Waals surface area contributed by atoms with Crippen LogP contribution in [0.4, 0.5) is 11.5 Å². The van der Waals surface area contributed by atoms with E-state index in [2.05, 4.69) is 31.2 Å². The Bertz CT molecular complexity index is 819. The second-order valence-corrected chi connectivity index (χ2v) is 5.21. The fraction of sp³-hybridized carbons (Fsp3) is 0. The zero-order chi connectivity index (χ0) is 14.8. The number of carboxylic acid groups (broad SMARTS) is 1. The van der Waals surface area contributed by atoms with Crippen LogP contribution in [-0.4, -0.2) is 21.0 Å². The van der Waals surface area contributed by atoms with Crippen LogP contribution in [-0.2, 0) is 0 Å². The molecular formula is C15H10BrN3O2. The average molecular weight is 344 g/mol. The molecule has 0 amide bonds. The normalized spacial score (nSPS) is 10.5. The van der Waals surface area contributed by atoms with E-state index in [1.165, 1.54) is 12.4 Å². The van der Waals surface area contributed by atoms with Crippen molar-refractivity contribution in [3.05, 3.63) is 59.0 Å². The minimum absolute atomic E-state index is 0.0822. The lowest BCUT2D eigenvalue weighted by atomic mass is 10.1. The quantitative estimate of drug-likeness (QED) is 0.755. The van der Waals surface area contributed by atoms with Gasteiger partial charge in [-0.25, -0.2) is 14.8 Å². The summed E-state index contributed by atoms with van der Waals surface area (Å²) in [5.41, 5.74) is 0.799. The number of nitrogens with zero attached hydrogens (tertiary/aromatic N) is 2. The predicted molar refractivity (Wildman–Crippen MR) is 83.9 cm³/mol. The zero-order valence-corrected chi connectivity index (χ0v) is 12.3. The van der Waals surface area contributed by atoms with Gasteiger partial charge < -0.3 is 10.4 Å². The summed E-state index contributed by atoms with van der Waals surface area (Å²) in [5.74, 6) is -0.601. The van der Waals surface area contributed by atoms with E-state index in [0.717, 1.165) is 20.9 Å². The Hall–Kier alpha value is -2.47. The van der Waals surface area contributed by atoms with Crippen molar-refractivity contribution < 1.29 is 9.90 Å². The molecule has 0 saturated heterocycles. The van der Waals surface area contributed by atoms with Crippen LogP contribution in [0.1, 0.15) is 10.5 Å². The minimum atomic E-state index is -1.09. The van der Waals surface area contributed by atoms with Gasteiger partial charge in [0, 0.05) is 15.5 Å². The Balaban J connectivity index is 1.98. The molecule has 2 aromatic carbocycles. The van der Waals surface area contributed by atoms with Crippen LogP contribution < -0.4 is 5.32 Å². The van der Waals surface area contributed by atoms with Crippen molar-refractivity contribution in [3.63, 3.8) is 0 Å². The molecule has 104 valence electrons. The first-order chi connectivity index (χ1) is 10.1. The summed E-state index contributed by atoms with van der Waals surface area (Å²) in [5, 5.41) is 14.1. The van der Waals surface area contributed by atoms with Crippen LogP contribution >= 0.6 is 15.9 Å². The summed E-state index contributed by atoms with van der Waals surface area (Å²) in [6.07, 6.45) is 2.63. The van der Waals surface area contributed by atoms with Gasteiger partial charge in [0.1, 0.15) is 5.82 Å². The van der Waals surface area contributed by atoms with Crippen LogP contribution in [0.25, 0.3) is 10.8 Å². The molecule has 0 saturated carbocycles. The molecule has 0 aliphatic heterocycles. The number of rotatable bonds is 3. The number of aromatic nitrogens is 2. The van der Waals surface area contributed by atoms with Crippen LogP contribution in [0.3, 0.4) is 0 Å². The number of anilines is 2. The number of benzene rings is 2. The molecule has 1 heterocycles. The topological polar surface area (TPSA) is 75.1 Å². The third-order valence-corrected chi connectivity index (χ3v) is 3.70. The highest BCUT2D eigenvalue weighted by molar-refractivity contribution is 9.10. The number of carbonyl (C=O) groups is 1. The second kappa shape index (κ2) is 5.49. The molecule has 3 rings (SSSR count). The summed E-state index contributed by atoms with van der Waals surface area (Å²) in [6.45, 7) is 0. The standard InChI is InChI=1S/C15H10BrN3O2/c16-11-5-6-12(10-4-2-1-3-9(10)11)19-14-8-17-13(7-18-14)15(20)21/h1-8H,(H,18,19)(H,20,21). The molecule has 0 bridgehead atoms. The van der Waals surface area contributed by atoms with Crippen molar-refractivity contribution in [2.75, 3.05) is 5.32 Å². The van der Waals surface area contributed by atoms with Crippen LogP contribution in [0.5, 0.6) is 0 Å². The Kier molecular flexibility index (Phi) is 3.53. The number of carboxylic acids is 1. The van der Waals surface area contributed by atoms with Gasteiger partial charge in [-0.3, -0.25) is 0 Å². The van der Waals surface area contributed by atoms with E-state index in [4.69, 9.17) is 5.11 Å². The van der Waals surface area contributed by atoms with E-state index in [1.807, 2.05) is 36.4 Å². The summed E-state index contributed by atoms with van der Waals surface area (Å²) >= 11 is 3.52. The molecule has 0 fully saturated rings. The molecule has 0 unspecified atom stereocenters. The minimum Gasteiger partial charge on any atom is -0.476 e. The predicted octanol–water partition coefficient (Wildman–Crippen LogP) is 3.83. The van der Waals surface area contributed by atoms with Gasteiger partial charge in [-0.15, -0.1) is 0 Å². The molecule has 0 aliphatic carbocycles. The van der Waals surface area contributed by atoms with E-state index in [0.29, 0.717) is 5.82 Å². The van der Waals surface area contributed by atoms with Gasteiger partial charge in [0.25, 0.3) is 0 Å². The molecule has 0 aliphatic rings. The maximum absolute atomic E-state index is 10.8. The highest BCUT2D eigenvalue weighted by atomic mass is 79.9. The maximum atomic E-state index is 10.8. The molecule has 1 aromatic heterocycles. The van der Waals surface area contributed by atoms with E-state index in [1.54, 1.807) is 0 Å². The van der Waals surface area contributed by atoms with Gasteiger partial charge in [0.05, 0.1) is 12.4 Å². The zero-order valence-electron chi connectivity index (χ0n) is 10.7. The van der Waals surface area contributed by atoms with Crippen molar-refractivity contribution in [3.8, 4) is 0 Å². The average Bonchev–Trinajstić information content (AvgIpc) is 2.51. The summed E-state index contributed by atoms with van der Waals surface area (Å²) < 4.78 is 1.01. The number of hydrogen-bond acceptors (Lipinski definition) is 4. The molecule has 0 atom stereocenters. The third kappa shape index (κ3) is 2.71. The highest BCUT2D eigenvalue weighted by Crippen LogP contribution is 2.31. The number of aromatic carboxylic acids is 1. The first kappa shape index (κ1) is 13.5. The number of fused-ring (bicyclic) bond motifs is 1. The number of hydrogen-bond donors (Lipinski definition) is 2. The third-order valence-electron chi connectivity index (χ3n) is 3.00. The molecule has 0 radical (unpaired) electrons. The first-order valence-electron chi connectivity index (χ1n) is 6.15. The summed E-state index contributed by atoms with van der Waals surface area (Å²) in [4.78, 5) is 18.7. The lowest BCUT2D eigenvalue weighted by Gasteiger charge is -2.10. The molecule has 5 nitrogen and oxygen atoms in total. The highest BCUT2D eigenvalue weighted by Gasteiger charge is 2.07. The lowest BCUT2D eigenvalue weighted by molar-refractivity contribution is 0.0690. The molecule has 0 spiro atoms. The monoisotopic (exact) mass is 343 g/mol. The molecule has 21 heavy (non-hydrogen) atoms. The molecule has 6 heteroatoms. The van der Waals surface area contributed by atoms with Crippen LogP contribution in [0, 0.1) is 0 Å². The smallest absolute Gasteiger partial charge is 0.356 e. The molecular weight excluding hydrogens is 334 g/mol. The summed E-state index contributed by atoms with van der Waals surface area (Å²) in [7, 11) is 0. The van der Waals surface area contributed by atoms with Crippen molar-refractivity contribution in [1.82, 2.24) is 9.97 Å². The Labute approximate surface area is 128 Å². The van der Waals surface area contributed by atoms with Gasteiger partial charge >= 0.3 is 5.97 Å². The van der Waals surface area contributed by atoms with Gasteiger partial charge in [-0.05, 0) is 17.5 Å². The van der Waals surface area contributed by atoms with Crippen LogP contribution in [0.15, 0.2) is 53.3 Å². The lowest BCUT2D eigenvalue weighted by Crippen LogP contribution is -2.02. The van der Waals surface area contributed by atoms with E-state index < -0.39 is 5.97 Å². The van der Waals surface area contributed by atoms with Gasteiger partial charge in [0.15, 0.2) is 5.69 Å². The largest absolute Gasteiger partial charge is 0.476 e. The number of halogens is 1. The van der Waals surface area contributed by atoms with Crippen LogP contribution in [0.2, 0.25) is 0 Å². The van der Waals surface area contributed by atoms with Gasteiger partial charge in [-0.1, -0.05) is 40.2 Å². The van der Waals surface area contributed by atoms with Gasteiger partial charge in [0.2, 0.25) is 0 Å². The first-order valence-corrected chi connectivity index (χ1v) is 6.94.